The normalized spacial score (nSPS) is 10.5. The minimum absolute atomic E-state index is 0.119. The zero-order chi connectivity index (χ0) is 20.1. The summed E-state index contributed by atoms with van der Waals surface area (Å²) in [6, 6.07) is 12.2. The molecule has 3 N–H and O–H groups in total. The summed E-state index contributed by atoms with van der Waals surface area (Å²) in [5.41, 5.74) is 1.33. The van der Waals surface area contributed by atoms with Crippen molar-refractivity contribution >= 4 is 35.0 Å². The van der Waals surface area contributed by atoms with Gasteiger partial charge in [0.2, 0.25) is 11.1 Å². The van der Waals surface area contributed by atoms with E-state index in [1.165, 1.54) is 16.4 Å². The molecule has 0 atom stereocenters. The molecule has 2 aromatic carbocycles. The van der Waals surface area contributed by atoms with E-state index in [1.54, 1.807) is 56.7 Å². The van der Waals surface area contributed by atoms with Crippen LogP contribution in [0.3, 0.4) is 0 Å². The Labute approximate surface area is 171 Å². The summed E-state index contributed by atoms with van der Waals surface area (Å²) in [4.78, 5) is 12.1. The molecule has 3 rings (SSSR count). The standard InChI is InChI=1S/C18H18ClN5O3S/c1-26-14-7-6-11(8-15(14)27-2)17-22-23-18(24(17)20)28-10-16(25)21-13-5-3-4-12(19)9-13/h3-9H,10,20H2,1-2H3,(H,21,25). The Morgan fingerprint density at radius 3 is 2.68 bits per heavy atom. The number of rotatable bonds is 7. The number of nitrogens with one attached hydrogen (secondary N) is 1. The molecular weight excluding hydrogens is 402 g/mol. The van der Waals surface area contributed by atoms with Crippen molar-refractivity contribution in [1.82, 2.24) is 14.9 Å². The number of nitrogen functional groups attached to an aromatic ring is 1. The average Bonchev–Trinajstić information content (AvgIpc) is 3.06. The Kier molecular flexibility index (Phi) is 6.27. The summed E-state index contributed by atoms with van der Waals surface area (Å²) < 4.78 is 11.9. The van der Waals surface area contributed by atoms with E-state index >= 15 is 0 Å². The summed E-state index contributed by atoms with van der Waals surface area (Å²) in [6.45, 7) is 0. The van der Waals surface area contributed by atoms with Crippen molar-refractivity contribution in [2.75, 3.05) is 31.1 Å². The Bertz CT molecular complexity index is 995. The van der Waals surface area contributed by atoms with E-state index < -0.39 is 0 Å². The van der Waals surface area contributed by atoms with Gasteiger partial charge in [-0.25, -0.2) is 4.68 Å². The Balaban J connectivity index is 1.69. The molecule has 0 spiro atoms. The van der Waals surface area contributed by atoms with Crippen LogP contribution in [0.5, 0.6) is 11.5 Å². The fraction of sp³-hybridized carbons (Fsp3) is 0.167. The Hall–Kier alpha value is -2.91. The van der Waals surface area contributed by atoms with Crippen LogP contribution < -0.4 is 20.6 Å². The number of amides is 1. The molecule has 1 amide bonds. The zero-order valence-corrected chi connectivity index (χ0v) is 16.8. The van der Waals surface area contributed by atoms with Crippen LogP contribution in [0.1, 0.15) is 0 Å². The van der Waals surface area contributed by atoms with Gasteiger partial charge >= 0.3 is 0 Å². The number of methoxy groups -OCH3 is 2. The average molecular weight is 420 g/mol. The van der Waals surface area contributed by atoms with Crippen LogP contribution in [0.25, 0.3) is 11.4 Å². The quantitative estimate of drug-likeness (QED) is 0.448. The summed E-state index contributed by atoms with van der Waals surface area (Å²) in [5, 5.41) is 11.9. The smallest absolute Gasteiger partial charge is 0.234 e. The molecule has 0 unspecified atom stereocenters. The largest absolute Gasteiger partial charge is 0.493 e. The van der Waals surface area contributed by atoms with Crippen molar-refractivity contribution in [1.29, 1.82) is 0 Å². The Morgan fingerprint density at radius 2 is 1.96 bits per heavy atom. The van der Waals surface area contributed by atoms with Crippen LogP contribution in [0.15, 0.2) is 47.6 Å². The van der Waals surface area contributed by atoms with Gasteiger partial charge in [-0.15, -0.1) is 10.2 Å². The number of nitrogens with two attached hydrogens (primary N) is 1. The minimum Gasteiger partial charge on any atom is -0.493 e. The highest BCUT2D eigenvalue weighted by atomic mass is 35.5. The van der Waals surface area contributed by atoms with E-state index in [2.05, 4.69) is 15.5 Å². The number of anilines is 1. The molecule has 0 aliphatic heterocycles. The van der Waals surface area contributed by atoms with Crippen LogP contribution in [0, 0.1) is 0 Å². The highest BCUT2D eigenvalue weighted by Gasteiger charge is 2.16. The lowest BCUT2D eigenvalue weighted by Crippen LogP contribution is -2.16. The van der Waals surface area contributed by atoms with Gasteiger partial charge in [-0.05, 0) is 36.4 Å². The van der Waals surface area contributed by atoms with E-state index in [-0.39, 0.29) is 11.7 Å². The SMILES string of the molecule is COc1ccc(-c2nnc(SCC(=O)Nc3cccc(Cl)c3)n2N)cc1OC. The monoisotopic (exact) mass is 419 g/mol. The highest BCUT2D eigenvalue weighted by molar-refractivity contribution is 7.99. The fourth-order valence-electron chi connectivity index (χ4n) is 2.44. The number of hydrogen-bond donors (Lipinski definition) is 2. The molecule has 3 aromatic rings. The maximum Gasteiger partial charge on any atom is 0.234 e. The van der Waals surface area contributed by atoms with Gasteiger partial charge in [0.1, 0.15) is 0 Å². The molecule has 0 aliphatic carbocycles. The molecule has 28 heavy (non-hydrogen) atoms. The molecule has 1 aromatic heterocycles. The van der Waals surface area contributed by atoms with Crippen LogP contribution in [-0.4, -0.2) is 40.8 Å². The summed E-state index contributed by atoms with van der Waals surface area (Å²) in [6.07, 6.45) is 0. The van der Waals surface area contributed by atoms with Gasteiger partial charge < -0.3 is 20.6 Å². The molecule has 0 aliphatic rings. The van der Waals surface area contributed by atoms with Gasteiger partial charge in [-0.2, -0.15) is 0 Å². The highest BCUT2D eigenvalue weighted by Crippen LogP contribution is 2.32. The number of halogens is 1. The minimum atomic E-state index is -0.206. The summed E-state index contributed by atoms with van der Waals surface area (Å²) >= 11 is 7.09. The second-order valence-corrected chi connectivity index (χ2v) is 6.97. The van der Waals surface area contributed by atoms with E-state index in [4.69, 9.17) is 26.9 Å². The summed E-state index contributed by atoms with van der Waals surface area (Å²) in [7, 11) is 3.11. The Morgan fingerprint density at radius 1 is 1.18 bits per heavy atom. The van der Waals surface area contributed by atoms with Gasteiger partial charge in [-0.1, -0.05) is 29.4 Å². The van der Waals surface area contributed by atoms with Crippen molar-refractivity contribution in [2.24, 2.45) is 0 Å². The van der Waals surface area contributed by atoms with Crippen molar-refractivity contribution in [2.45, 2.75) is 5.16 Å². The molecular formula is C18H18ClN5O3S. The molecule has 0 saturated carbocycles. The molecule has 8 nitrogen and oxygen atoms in total. The van der Waals surface area contributed by atoms with E-state index in [0.29, 0.717) is 38.8 Å². The van der Waals surface area contributed by atoms with E-state index in [0.717, 1.165) is 0 Å². The predicted molar refractivity (Wildman–Crippen MR) is 110 cm³/mol. The van der Waals surface area contributed by atoms with Crippen molar-refractivity contribution < 1.29 is 14.3 Å². The molecule has 1 heterocycles. The number of nitrogens with zero attached hydrogens (tertiary/aromatic N) is 3. The lowest BCUT2D eigenvalue weighted by molar-refractivity contribution is -0.113. The van der Waals surface area contributed by atoms with Crippen LogP contribution >= 0.6 is 23.4 Å². The first kappa shape index (κ1) is 19.8. The number of benzene rings is 2. The maximum atomic E-state index is 12.1. The number of thioether (sulfide) groups is 1. The van der Waals surface area contributed by atoms with Crippen LogP contribution in [0.2, 0.25) is 5.02 Å². The molecule has 146 valence electrons. The van der Waals surface area contributed by atoms with Crippen molar-refractivity contribution in [3.8, 4) is 22.9 Å². The summed E-state index contributed by atoms with van der Waals surface area (Å²) in [5.74, 6) is 7.61. The third-order valence-electron chi connectivity index (χ3n) is 3.75. The van der Waals surface area contributed by atoms with Gasteiger partial charge in [-0.3, -0.25) is 4.79 Å². The van der Waals surface area contributed by atoms with E-state index in [1.807, 2.05) is 0 Å². The first-order valence-electron chi connectivity index (χ1n) is 8.13. The topological polar surface area (TPSA) is 104 Å². The second-order valence-electron chi connectivity index (χ2n) is 5.59. The number of carbonyl (C=O) groups is 1. The first-order chi connectivity index (χ1) is 13.5. The first-order valence-corrected chi connectivity index (χ1v) is 9.49. The predicted octanol–water partition coefficient (Wildman–Crippen LogP) is 3.06. The maximum absolute atomic E-state index is 12.1. The van der Waals surface area contributed by atoms with E-state index in [9.17, 15) is 4.79 Å². The van der Waals surface area contributed by atoms with Crippen LogP contribution in [-0.2, 0) is 4.79 Å². The molecule has 0 radical (unpaired) electrons. The van der Waals surface area contributed by atoms with Gasteiger partial charge in [0.25, 0.3) is 0 Å². The third-order valence-corrected chi connectivity index (χ3v) is 4.93. The third kappa shape index (κ3) is 4.49. The molecule has 0 bridgehead atoms. The lowest BCUT2D eigenvalue weighted by Gasteiger charge is -2.09. The fourth-order valence-corrected chi connectivity index (χ4v) is 3.29. The molecule has 0 saturated heterocycles. The van der Waals surface area contributed by atoms with Gasteiger partial charge in [0.15, 0.2) is 17.3 Å². The molecule has 0 fully saturated rings. The second kappa shape index (κ2) is 8.85. The van der Waals surface area contributed by atoms with Crippen LogP contribution in [0.4, 0.5) is 5.69 Å². The number of aromatic nitrogens is 3. The van der Waals surface area contributed by atoms with Gasteiger partial charge in [0.05, 0.1) is 20.0 Å². The van der Waals surface area contributed by atoms with Gasteiger partial charge in [0, 0.05) is 16.3 Å². The zero-order valence-electron chi connectivity index (χ0n) is 15.2. The number of carbonyl (C=O) groups excluding carboxylic acids is 1. The number of ether oxygens (including phenoxy) is 2. The lowest BCUT2D eigenvalue weighted by atomic mass is 10.2. The number of hydrogen-bond acceptors (Lipinski definition) is 7. The van der Waals surface area contributed by atoms with Crippen molar-refractivity contribution in [3.63, 3.8) is 0 Å². The molecule has 10 heteroatoms. The van der Waals surface area contributed by atoms with Crippen molar-refractivity contribution in [3.05, 3.63) is 47.5 Å².